The lowest BCUT2D eigenvalue weighted by Gasteiger charge is -2.22. The number of benzene rings is 2. The quantitative estimate of drug-likeness (QED) is 0.318. The number of anilines is 1. The first-order valence-electron chi connectivity index (χ1n) is 12.4. The molecule has 0 amide bonds. The lowest BCUT2D eigenvalue weighted by Crippen LogP contribution is -2.25. The van der Waals surface area contributed by atoms with Gasteiger partial charge in [0.05, 0.1) is 29.4 Å². The number of fused-ring (bicyclic) bond motifs is 1. The van der Waals surface area contributed by atoms with Crippen molar-refractivity contribution in [2.75, 3.05) is 25.1 Å². The molecule has 4 rings (SSSR count). The summed E-state index contributed by atoms with van der Waals surface area (Å²) in [6, 6.07) is 19.6. The molecule has 2 heterocycles. The highest BCUT2D eigenvalue weighted by atomic mass is 16.5. The first-order chi connectivity index (χ1) is 17.2. The zero-order chi connectivity index (χ0) is 25.9. The molecule has 0 saturated heterocycles. The molecule has 0 spiro atoms. The molecule has 0 aliphatic carbocycles. The molecule has 0 bridgehead atoms. The van der Waals surface area contributed by atoms with E-state index in [1.807, 2.05) is 54.6 Å². The number of hydrogen-bond acceptors (Lipinski definition) is 5. The first kappa shape index (κ1) is 25.2. The van der Waals surface area contributed by atoms with E-state index in [0.717, 1.165) is 35.7 Å². The van der Waals surface area contributed by atoms with Crippen LogP contribution in [0.1, 0.15) is 51.7 Å². The number of hydrogen-bond donors (Lipinski definition) is 0. The van der Waals surface area contributed by atoms with Crippen molar-refractivity contribution < 1.29 is 4.74 Å². The first-order valence-corrected chi connectivity index (χ1v) is 12.4. The Morgan fingerprint density at radius 1 is 0.944 bits per heavy atom. The van der Waals surface area contributed by atoms with Crippen molar-refractivity contribution in [2.45, 2.75) is 40.0 Å². The molecule has 186 valence electrons. The highest BCUT2D eigenvalue weighted by Gasteiger charge is 2.17. The zero-order valence-electron chi connectivity index (χ0n) is 21.9. The van der Waals surface area contributed by atoms with Gasteiger partial charge in [-0.1, -0.05) is 39.0 Å². The average molecular weight is 483 g/mol. The Balaban J connectivity index is 1.95. The molecule has 0 fully saturated rings. The summed E-state index contributed by atoms with van der Waals surface area (Å²) in [7, 11) is 1.59. The molecule has 2 aromatic heterocycles. The van der Waals surface area contributed by atoms with Gasteiger partial charge in [-0.15, -0.1) is 0 Å². The summed E-state index contributed by atoms with van der Waals surface area (Å²) in [6.07, 6.45) is 3.69. The second kappa shape index (κ2) is 10.4. The van der Waals surface area contributed by atoms with E-state index in [2.05, 4.69) is 56.6 Å². The second-order valence-corrected chi connectivity index (χ2v) is 9.72. The Labute approximate surface area is 212 Å². The predicted octanol–water partition coefficient (Wildman–Crippen LogP) is 6.10. The highest BCUT2D eigenvalue weighted by Crippen LogP contribution is 2.26. The van der Waals surface area contributed by atoms with Crippen molar-refractivity contribution in [3.8, 4) is 11.6 Å². The summed E-state index contributed by atoms with van der Waals surface area (Å²) in [5.41, 5.74) is 4.18. The van der Waals surface area contributed by atoms with Gasteiger partial charge >= 0.3 is 0 Å². The van der Waals surface area contributed by atoms with Gasteiger partial charge in [0.25, 0.3) is 5.56 Å². The summed E-state index contributed by atoms with van der Waals surface area (Å²) in [5.74, 6) is 1.07. The summed E-state index contributed by atoms with van der Waals surface area (Å²) in [4.78, 5) is 25.6. The van der Waals surface area contributed by atoms with Crippen molar-refractivity contribution >= 4 is 28.7 Å². The van der Waals surface area contributed by atoms with Gasteiger partial charge < -0.3 is 9.64 Å². The van der Waals surface area contributed by atoms with Crippen LogP contribution in [0.5, 0.6) is 5.88 Å². The minimum Gasteiger partial charge on any atom is -0.481 e. The molecule has 0 aliphatic heterocycles. The monoisotopic (exact) mass is 482 g/mol. The topological polar surface area (TPSA) is 60.2 Å². The third-order valence-electron chi connectivity index (χ3n) is 6.33. The van der Waals surface area contributed by atoms with Crippen LogP contribution in [0.2, 0.25) is 0 Å². The lowest BCUT2D eigenvalue weighted by molar-refractivity contribution is 0.397. The number of aromatic nitrogens is 3. The maximum Gasteiger partial charge on any atom is 0.266 e. The molecular formula is C30H34N4O2. The van der Waals surface area contributed by atoms with Crippen LogP contribution in [-0.4, -0.2) is 34.7 Å². The summed E-state index contributed by atoms with van der Waals surface area (Å²) in [5, 5.41) is 0.595. The van der Waals surface area contributed by atoms with Crippen LogP contribution in [0.3, 0.4) is 0 Å². The number of ether oxygens (including phenoxy) is 1. The van der Waals surface area contributed by atoms with Gasteiger partial charge in [-0.25, -0.2) is 9.97 Å². The smallest absolute Gasteiger partial charge is 0.266 e. The van der Waals surface area contributed by atoms with Gasteiger partial charge in [0.2, 0.25) is 5.88 Å². The van der Waals surface area contributed by atoms with Crippen LogP contribution in [0.15, 0.2) is 65.5 Å². The third kappa shape index (κ3) is 5.18. The van der Waals surface area contributed by atoms with Crippen LogP contribution >= 0.6 is 0 Å². The molecule has 2 aromatic carbocycles. The molecular weight excluding hydrogens is 448 g/mol. The molecule has 36 heavy (non-hydrogen) atoms. The van der Waals surface area contributed by atoms with Gasteiger partial charge in [0, 0.05) is 24.8 Å². The van der Waals surface area contributed by atoms with Gasteiger partial charge in [-0.05, 0) is 73.4 Å². The van der Waals surface area contributed by atoms with E-state index in [1.165, 1.54) is 0 Å². The largest absolute Gasteiger partial charge is 0.481 e. The molecule has 0 atom stereocenters. The van der Waals surface area contributed by atoms with E-state index in [-0.39, 0.29) is 11.0 Å². The Bertz CT molecular complexity index is 1460. The number of rotatable bonds is 7. The molecule has 0 saturated carbocycles. The van der Waals surface area contributed by atoms with Crippen molar-refractivity contribution in [1.82, 2.24) is 14.5 Å². The lowest BCUT2D eigenvalue weighted by atomic mass is 9.87. The molecule has 4 aromatic rings. The summed E-state index contributed by atoms with van der Waals surface area (Å²) in [6.45, 7) is 12.5. The van der Waals surface area contributed by atoms with Crippen molar-refractivity contribution in [3.05, 3.63) is 88.1 Å². The third-order valence-corrected chi connectivity index (χ3v) is 6.33. The Hall–Kier alpha value is -3.93. The Morgan fingerprint density at radius 3 is 2.39 bits per heavy atom. The number of pyridine rings is 1. The van der Waals surface area contributed by atoms with Gasteiger partial charge in [-0.2, -0.15) is 0 Å². The van der Waals surface area contributed by atoms with Gasteiger partial charge in [0.1, 0.15) is 5.82 Å². The molecule has 0 radical (unpaired) electrons. The maximum atomic E-state index is 14.0. The molecule has 0 unspecified atom stereocenters. The van der Waals surface area contributed by atoms with E-state index in [0.29, 0.717) is 22.6 Å². The number of nitrogens with zero attached hydrogens (tertiary/aromatic N) is 4. The highest BCUT2D eigenvalue weighted by molar-refractivity contribution is 5.83. The fourth-order valence-corrected chi connectivity index (χ4v) is 4.25. The maximum absolute atomic E-state index is 14.0. The van der Waals surface area contributed by atoms with Crippen molar-refractivity contribution in [3.63, 3.8) is 0 Å². The van der Waals surface area contributed by atoms with E-state index >= 15 is 0 Å². The van der Waals surface area contributed by atoms with Crippen LogP contribution in [0, 0.1) is 0 Å². The standard InChI is InChI=1S/C30H34N4O2/c1-7-33(8-2)23-16-17-26-25(20-23)29(35)34(24-13-9-11-21(19-24)30(3,4)5)27(32-26)18-15-22-12-10-14-28(31-22)36-6/h9-20H,7-8H2,1-6H3/b18-15+. The van der Waals surface area contributed by atoms with E-state index < -0.39 is 0 Å². The van der Waals surface area contributed by atoms with E-state index in [4.69, 9.17) is 9.72 Å². The van der Waals surface area contributed by atoms with E-state index in [9.17, 15) is 4.79 Å². The normalized spacial score (nSPS) is 11.8. The summed E-state index contributed by atoms with van der Waals surface area (Å²) >= 11 is 0. The minimum atomic E-state index is -0.0988. The van der Waals surface area contributed by atoms with Crippen LogP contribution in [0.25, 0.3) is 28.7 Å². The minimum absolute atomic E-state index is 0.0552. The Morgan fingerprint density at radius 2 is 1.69 bits per heavy atom. The van der Waals surface area contributed by atoms with Crippen LogP contribution in [0.4, 0.5) is 5.69 Å². The second-order valence-electron chi connectivity index (χ2n) is 9.72. The fourth-order valence-electron chi connectivity index (χ4n) is 4.25. The zero-order valence-corrected chi connectivity index (χ0v) is 21.9. The SMILES string of the molecule is CCN(CC)c1ccc2nc(/C=C/c3cccc(OC)n3)n(-c3cccc(C(C)(C)C)c3)c(=O)c2c1. The molecule has 0 aliphatic rings. The molecule has 0 N–H and O–H groups in total. The summed E-state index contributed by atoms with van der Waals surface area (Å²) < 4.78 is 6.95. The van der Waals surface area contributed by atoms with Gasteiger partial charge in [-0.3, -0.25) is 9.36 Å². The average Bonchev–Trinajstić information content (AvgIpc) is 2.88. The number of methoxy groups -OCH3 is 1. The van der Waals surface area contributed by atoms with Gasteiger partial charge in [0.15, 0.2) is 0 Å². The van der Waals surface area contributed by atoms with E-state index in [1.54, 1.807) is 17.7 Å². The predicted molar refractivity (Wildman–Crippen MR) is 149 cm³/mol. The molecule has 6 nitrogen and oxygen atoms in total. The van der Waals surface area contributed by atoms with Crippen LogP contribution in [-0.2, 0) is 5.41 Å². The van der Waals surface area contributed by atoms with Crippen molar-refractivity contribution in [2.24, 2.45) is 0 Å². The Kier molecular flexibility index (Phi) is 7.25. The van der Waals surface area contributed by atoms with Crippen molar-refractivity contribution in [1.29, 1.82) is 0 Å². The fraction of sp³-hybridized carbons (Fsp3) is 0.300. The van der Waals surface area contributed by atoms with Crippen LogP contribution < -0.4 is 15.2 Å². The molecule has 6 heteroatoms.